The Morgan fingerprint density at radius 2 is 2.05 bits per heavy atom. The van der Waals surface area contributed by atoms with Crippen LogP contribution in [0.1, 0.15) is 22.8 Å². The van der Waals surface area contributed by atoms with Gasteiger partial charge >= 0.3 is 0 Å². The first-order valence-corrected chi connectivity index (χ1v) is 7.90. The van der Waals surface area contributed by atoms with Crippen molar-refractivity contribution in [1.29, 1.82) is 0 Å². The Morgan fingerprint density at radius 3 is 2.80 bits per heavy atom. The summed E-state index contributed by atoms with van der Waals surface area (Å²) >= 11 is 8.28. The van der Waals surface area contributed by atoms with E-state index in [1.165, 1.54) is 5.56 Å². The number of nitrogens with zero attached hydrogens (tertiary/aromatic N) is 1. The Kier molecular flexibility index (Phi) is 3.73. The van der Waals surface area contributed by atoms with Crippen LogP contribution in [0.5, 0.6) is 0 Å². The summed E-state index contributed by atoms with van der Waals surface area (Å²) in [5.41, 5.74) is 2.88. The van der Waals surface area contributed by atoms with E-state index >= 15 is 0 Å². The Balaban J connectivity index is 2.00. The molecule has 1 atom stereocenters. The molecule has 0 radical (unpaired) electrons. The van der Waals surface area contributed by atoms with Crippen molar-refractivity contribution in [3.8, 4) is 0 Å². The second-order valence-electron chi connectivity index (χ2n) is 4.99. The Labute approximate surface area is 136 Å². The maximum Gasteiger partial charge on any atom is 0.258 e. The van der Waals surface area contributed by atoms with Gasteiger partial charge in [0.15, 0.2) is 0 Å². The third-order valence-electron chi connectivity index (χ3n) is 3.59. The van der Waals surface area contributed by atoms with Gasteiger partial charge in [-0.05, 0) is 65.8 Å². The van der Waals surface area contributed by atoms with E-state index in [9.17, 15) is 4.79 Å². The number of fused-ring (bicyclic) bond motifs is 1. The summed E-state index contributed by atoms with van der Waals surface area (Å²) in [5.74, 6) is 0.0146. The number of benzene rings is 2. The highest BCUT2D eigenvalue weighted by Gasteiger charge is 2.31. The Morgan fingerprint density at radius 1 is 1.30 bits per heavy atom. The third kappa shape index (κ3) is 2.33. The highest BCUT2D eigenvalue weighted by atomic mass is 127. The third-order valence-corrected chi connectivity index (χ3v) is 5.16. The van der Waals surface area contributed by atoms with Crippen molar-refractivity contribution >= 4 is 45.8 Å². The van der Waals surface area contributed by atoms with Crippen molar-refractivity contribution in [2.24, 2.45) is 0 Å². The normalized spacial score (nSPS) is 17.1. The summed E-state index contributed by atoms with van der Waals surface area (Å²) < 4.78 is 0.954. The number of halogens is 2. The van der Waals surface area contributed by atoms with Crippen molar-refractivity contribution < 1.29 is 4.79 Å². The van der Waals surface area contributed by atoms with E-state index in [0.29, 0.717) is 10.6 Å². The molecular weight excluding hydrogens is 385 g/mol. The van der Waals surface area contributed by atoms with E-state index in [1.807, 2.05) is 35.2 Å². The largest absolute Gasteiger partial charge is 0.305 e. The fourth-order valence-electron chi connectivity index (χ4n) is 2.64. The van der Waals surface area contributed by atoms with Gasteiger partial charge in [-0.25, -0.2) is 0 Å². The summed E-state index contributed by atoms with van der Waals surface area (Å²) in [4.78, 5) is 14.6. The summed E-state index contributed by atoms with van der Waals surface area (Å²) in [5, 5.41) is 0.622. The van der Waals surface area contributed by atoms with Crippen molar-refractivity contribution in [1.82, 2.24) is 0 Å². The predicted octanol–water partition coefficient (Wildman–Crippen LogP) is 4.54. The molecule has 0 aromatic heterocycles. The van der Waals surface area contributed by atoms with E-state index in [-0.39, 0.29) is 11.9 Å². The fourth-order valence-corrected chi connectivity index (χ4v) is 3.16. The number of amides is 1. The fraction of sp³-hybridized carbons (Fsp3) is 0.188. The molecule has 4 heteroatoms. The molecule has 1 unspecified atom stereocenters. The SMILES string of the molecule is CC1Cc2ccccc2N1C(=O)c1ccc(I)c(Cl)c1. The summed E-state index contributed by atoms with van der Waals surface area (Å²) in [6.45, 7) is 2.08. The molecule has 1 aliphatic rings. The lowest BCUT2D eigenvalue weighted by atomic mass is 10.1. The number of hydrogen-bond acceptors (Lipinski definition) is 1. The maximum absolute atomic E-state index is 12.7. The number of carbonyl (C=O) groups is 1. The molecule has 0 saturated carbocycles. The maximum atomic E-state index is 12.7. The van der Waals surface area contributed by atoms with E-state index in [2.05, 4.69) is 35.6 Å². The molecule has 3 rings (SSSR count). The predicted molar refractivity (Wildman–Crippen MR) is 90.6 cm³/mol. The van der Waals surface area contributed by atoms with Crippen molar-refractivity contribution in [3.63, 3.8) is 0 Å². The number of anilines is 1. The van der Waals surface area contributed by atoms with Gasteiger partial charge in [0.25, 0.3) is 5.91 Å². The quantitative estimate of drug-likeness (QED) is 0.647. The zero-order chi connectivity index (χ0) is 14.3. The Bertz CT molecular complexity index is 686. The lowest BCUT2D eigenvalue weighted by Gasteiger charge is -2.23. The van der Waals surface area contributed by atoms with Crippen LogP contribution in [0, 0.1) is 3.57 Å². The molecule has 102 valence electrons. The summed E-state index contributed by atoms with van der Waals surface area (Å²) in [6, 6.07) is 13.7. The standard InChI is InChI=1S/C16H13ClINO/c1-10-8-11-4-2-3-5-15(11)19(10)16(20)12-6-7-14(18)13(17)9-12/h2-7,9-10H,8H2,1H3. The van der Waals surface area contributed by atoms with E-state index in [4.69, 9.17) is 11.6 Å². The van der Waals surface area contributed by atoms with E-state index in [0.717, 1.165) is 15.7 Å². The molecule has 1 amide bonds. The average Bonchev–Trinajstić information content (AvgIpc) is 2.77. The van der Waals surface area contributed by atoms with Gasteiger partial charge in [0.1, 0.15) is 0 Å². The zero-order valence-electron chi connectivity index (χ0n) is 10.9. The highest BCUT2D eigenvalue weighted by Crippen LogP contribution is 2.33. The van der Waals surface area contributed by atoms with Crippen LogP contribution in [0.15, 0.2) is 42.5 Å². The van der Waals surface area contributed by atoms with Crippen LogP contribution in [-0.2, 0) is 6.42 Å². The minimum Gasteiger partial charge on any atom is -0.305 e. The molecular formula is C16H13ClINO. The van der Waals surface area contributed by atoms with Crippen LogP contribution < -0.4 is 4.90 Å². The van der Waals surface area contributed by atoms with Crippen LogP contribution in [-0.4, -0.2) is 11.9 Å². The smallest absolute Gasteiger partial charge is 0.258 e. The highest BCUT2D eigenvalue weighted by molar-refractivity contribution is 14.1. The summed E-state index contributed by atoms with van der Waals surface area (Å²) in [7, 11) is 0. The minimum absolute atomic E-state index is 0.0146. The molecule has 0 fully saturated rings. The van der Waals surface area contributed by atoms with Gasteiger partial charge in [-0.15, -0.1) is 0 Å². The molecule has 1 heterocycles. The minimum atomic E-state index is 0.0146. The molecule has 0 aliphatic carbocycles. The van der Waals surface area contributed by atoms with Crippen LogP contribution in [0.2, 0.25) is 5.02 Å². The van der Waals surface area contributed by atoms with Gasteiger partial charge in [-0.3, -0.25) is 4.79 Å². The monoisotopic (exact) mass is 397 g/mol. The van der Waals surface area contributed by atoms with Crippen molar-refractivity contribution in [3.05, 3.63) is 62.2 Å². The second-order valence-corrected chi connectivity index (χ2v) is 6.56. The van der Waals surface area contributed by atoms with Crippen LogP contribution in [0.4, 0.5) is 5.69 Å². The first-order chi connectivity index (χ1) is 9.58. The topological polar surface area (TPSA) is 20.3 Å². The molecule has 2 aromatic carbocycles. The van der Waals surface area contributed by atoms with E-state index in [1.54, 1.807) is 6.07 Å². The number of para-hydroxylation sites is 1. The van der Waals surface area contributed by atoms with Gasteiger partial charge in [0.05, 0.1) is 5.02 Å². The first kappa shape index (κ1) is 13.9. The van der Waals surface area contributed by atoms with Gasteiger partial charge in [0.2, 0.25) is 0 Å². The Hall–Kier alpha value is -1.07. The molecule has 0 saturated heterocycles. The van der Waals surface area contributed by atoms with Crippen LogP contribution in [0.3, 0.4) is 0 Å². The number of carbonyl (C=O) groups excluding carboxylic acids is 1. The average molecular weight is 398 g/mol. The molecule has 0 N–H and O–H groups in total. The molecule has 2 nitrogen and oxygen atoms in total. The first-order valence-electron chi connectivity index (χ1n) is 6.44. The lowest BCUT2D eigenvalue weighted by molar-refractivity contribution is 0.0981. The molecule has 0 bridgehead atoms. The number of hydrogen-bond donors (Lipinski definition) is 0. The van der Waals surface area contributed by atoms with E-state index < -0.39 is 0 Å². The molecule has 20 heavy (non-hydrogen) atoms. The van der Waals surface area contributed by atoms with Gasteiger partial charge in [0, 0.05) is 20.9 Å². The van der Waals surface area contributed by atoms with Crippen LogP contribution >= 0.6 is 34.2 Å². The number of rotatable bonds is 1. The van der Waals surface area contributed by atoms with Crippen molar-refractivity contribution in [2.45, 2.75) is 19.4 Å². The lowest BCUT2D eigenvalue weighted by Crippen LogP contribution is -2.35. The van der Waals surface area contributed by atoms with Gasteiger partial charge < -0.3 is 4.90 Å². The molecule has 2 aromatic rings. The summed E-state index contributed by atoms with van der Waals surface area (Å²) in [6.07, 6.45) is 0.903. The zero-order valence-corrected chi connectivity index (χ0v) is 13.9. The second kappa shape index (κ2) is 5.37. The molecule has 0 spiro atoms. The molecule has 1 aliphatic heterocycles. The van der Waals surface area contributed by atoms with Crippen LogP contribution in [0.25, 0.3) is 0 Å². The van der Waals surface area contributed by atoms with Gasteiger partial charge in [-0.2, -0.15) is 0 Å². The van der Waals surface area contributed by atoms with Gasteiger partial charge in [-0.1, -0.05) is 29.8 Å². The van der Waals surface area contributed by atoms with Crippen molar-refractivity contribution in [2.75, 3.05) is 4.90 Å².